The third-order valence-electron chi connectivity index (χ3n) is 3.93. The van der Waals surface area contributed by atoms with Gasteiger partial charge in [0, 0.05) is 13.0 Å². The van der Waals surface area contributed by atoms with Crippen molar-refractivity contribution in [1.82, 2.24) is 15.1 Å². The van der Waals surface area contributed by atoms with E-state index in [0.717, 1.165) is 0 Å². The van der Waals surface area contributed by atoms with Gasteiger partial charge in [-0.1, -0.05) is 23.2 Å². The van der Waals surface area contributed by atoms with E-state index in [1.807, 2.05) is 0 Å². The maximum atomic E-state index is 13.2. The molecule has 1 unspecified atom stereocenters. The van der Waals surface area contributed by atoms with E-state index in [-0.39, 0.29) is 19.4 Å². The first-order chi connectivity index (χ1) is 15.1. The first-order valence-corrected chi connectivity index (χ1v) is 10.5. The van der Waals surface area contributed by atoms with Gasteiger partial charge in [-0.25, -0.2) is 8.89 Å². The van der Waals surface area contributed by atoms with Crippen LogP contribution in [0.3, 0.4) is 0 Å². The number of alkyl halides is 6. The third-order valence-corrected chi connectivity index (χ3v) is 5.70. The summed E-state index contributed by atoms with van der Waals surface area (Å²) in [4.78, 5) is 21.9. The monoisotopic (exact) mass is 539 g/mol. The molecule has 1 atom stereocenters. The molecule has 0 saturated heterocycles. The zero-order valence-corrected chi connectivity index (χ0v) is 18.3. The number of anilines is 1. The van der Waals surface area contributed by atoms with Gasteiger partial charge in [-0.2, -0.15) is 31.4 Å². The van der Waals surface area contributed by atoms with Crippen LogP contribution in [0.2, 0.25) is 10.0 Å². The van der Waals surface area contributed by atoms with E-state index in [0.29, 0.717) is 16.8 Å². The Morgan fingerprint density at radius 2 is 1.67 bits per heavy atom. The van der Waals surface area contributed by atoms with Crippen molar-refractivity contribution in [2.75, 3.05) is 12.3 Å². The number of nitrogens with two attached hydrogens (primary N) is 2. The number of amides is 2. The molecule has 1 aromatic heterocycles. The molecule has 2 rings (SSSR count). The van der Waals surface area contributed by atoms with E-state index >= 15 is 0 Å². The maximum Gasteiger partial charge on any atom is 0.476 e. The lowest BCUT2D eigenvalue weighted by molar-refractivity contribution is -0.137. The van der Waals surface area contributed by atoms with Crippen molar-refractivity contribution in [3.63, 3.8) is 0 Å². The lowest BCUT2D eigenvalue weighted by Gasteiger charge is -2.13. The van der Waals surface area contributed by atoms with Crippen LogP contribution < -0.4 is 16.8 Å². The molecule has 0 saturated carbocycles. The average molecular weight is 540 g/mol. The van der Waals surface area contributed by atoms with Crippen LogP contribution in [-0.2, 0) is 21.8 Å². The van der Waals surface area contributed by atoms with Crippen LogP contribution in [0.5, 0.6) is 0 Å². The first kappa shape index (κ1) is 26.7. The van der Waals surface area contributed by atoms with Gasteiger partial charge in [-0.3, -0.25) is 9.59 Å². The van der Waals surface area contributed by atoms with Crippen molar-refractivity contribution in [1.29, 1.82) is 0 Å². The quantitative estimate of drug-likeness (QED) is 0.366. The van der Waals surface area contributed by atoms with Crippen molar-refractivity contribution in [3.05, 3.63) is 33.4 Å². The Balaban J connectivity index is 2.61. The van der Waals surface area contributed by atoms with E-state index in [2.05, 4.69) is 10.4 Å². The number of nitrogen functional groups attached to an aromatic ring is 1. The Labute approximate surface area is 193 Å². The second-order valence-electron chi connectivity index (χ2n) is 6.30. The van der Waals surface area contributed by atoms with Gasteiger partial charge in [0.2, 0.25) is 5.91 Å². The van der Waals surface area contributed by atoms with E-state index in [9.17, 15) is 40.1 Å². The van der Waals surface area contributed by atoms with Gasteiger partial charge in [0.05, 0.1) is 15.6 Å². The molecule has 0 aliphatic carbocycles. The summed E-state index contributed by atoms with van der Waals surface area (Å²) >= 11 is 11.7. The van der Waals surface area contributed by atoms with Gasteiger partial charge in [0.1, 0.15) is 16.4 Å². The highest BCUT2D eigenvalue weighted by Crippen LogP contribution is 2.40. The highest BCUT2D eigenvalue weighted by Gasteiger charge is 2.43. The number of nitrogens with zero attached hydrogens (tertiary/aromatic N) is 2. The molecule has 0 bridgehead atoms. The second-order valence-corrected chi connectivity index (χ2v) is 8.52. The smallest absolute Gasteiger partial charge is 0.383 e. The Kier molecular flexibility index (Phi) is 7.91. The topological polar surface area (TPSA) is 133 Å². The van der Waals surface area contributed by atoms with Crippen LogP contribution in [0.4, 0.5) is 32.2 Å². The standard InChI is InChI=1S/C16H13Cl2F6N5O3S/c17-7-4-6(15(19,20)21)5-8(18)11(7)29-13(26)12(33(32)16(22,23)24)10(28-29)14(31)27-3-1-2-9(25)30/h4-5H,1-3,26H2,(H2,25,30)(H,27,31). The number of halogens is 8. The summed E-state index contributed by atoms with van der Waals surface area (Å²) in [6.45, 7) is -0.214. The molecule has 182 valence electrons. The van der Waals surface area contributed by atoms with Gasteiger partial charge >= 0.3 is 11.7 Å². The van der Waals surface area contributed by atoms with Crippen LogP contribution >= 0.6 is 23.2 Å². The van der Waals surface area contributed by atoms with Crippen molar-refractivity contribution in [2.24, 2.45) is 5.73 Å². The Morgan fingerprint density at radius 3 is 2.12 bits per heavy atom. The van der Waals surface area contributed by atoms with Gasteiger partial charge in [0.15, 0.2) is 16.5 Å². The highest BCUT2D eigenvalue weighted by molar-refractivity contribution is 7.86. The number of hydrogen-bond acceptors (Lipinski definition) is 5. The summed E-state index contributed by atoms with van der Waals surface area (Å²) in [6, 6.07) is 0.849. The molecular weight excluding hydrogens is 527 g/mol. The highest BCUT2D eigenvalue weighted by atomic mass is 35.5. The predicted molar refractivity (Wildman–Crippen MR) is 106 cm³/mol. The minimum atomic E-state index is -5.36. The lowest BCUT2D eigenvalue weighted by Crippen LogP contribution is -2.28. The van der Waals surface area contributed by atoms with Crippen molar-refractivity contribution in [3.8, 4) is 5.69 Å². The minimum Gasteiger partial charge on any atom is -0.383 e. The van der Waals surface area contributed by atoms with Gasteiger partial charge in [-0.05, 0) is 18.6 Å². The van der Waals surface area contributed by atoms with Crippen LogP contribution in [0, 0.1) is 0 Å². The molecule has 5 N–H and O–H groups in total. The zero-order chi connectivity index (χ0) is 25.3. The van der Waals surface area contributed by atoms with E-state index in [1.165, 1.54) is 0 Å². The van der Waals surface area contributed by atoms with Crippen molar-refractivity contribution >= 4 is 51.6 Å². The molecule has 1 aromatic carbocycles. The number of nitrogens with one attached hydrogen (secondary N) is 1. The molecule has 17 heteroatoms. The Hall–Kier alpha value is -2.52. The lowest BCUT2D eigenvalue weighted by atomic mass is 10.2. The summed E-state index contributed by atoms with van der Waals surface area (Å²) in [7, 11) is -3.85. The number of carbonyl (C=O) groups excluding carboxylic acids is 2. The largest absolute Gasteiger partial charge is 0.476 e. The van der Waals surface area contributed by atoms with Crippen LogP contribution in [0.25, 0.3) is 5.69 Å². The second kappa shape index (κ2) is 9.77. The van der Waals surface area contributed by atoms with E-state index < -0.39 is 72.0 Å². The van der Waals surface area contributed by atoms with E-state index in [1.54, 1.807) is 0 Å². The van der Waals surface area contributed by atoms with Gasteiger partial charge in [0.25, 0.3) is 5.91 Å². The molecule has 0 fully saturated rings. The summed E-state index contributed by atoms with van der Waals surface area (Å²) in [5.74, 6) is -2.93. The number of primary amides is 1. The molecule has 0 radical (unpaired) electrons. The normalized spacial score (nSPS) is 13.1. The zero-order valence-electron chi connectivity index (χ0n) is 16.0. The van der Waals surface area contributed by atoms with Crippen molar-refractivity contribution in [2.45, 2.75) is 29.4 Å². The summed E-state index contributed by atoms with van der Waals surface area (Å²) in [6.07, 6.45) is -4.96. The molecule has 0 aliphatic rings. The predicted octanol–water partition coefficient (Wildman–Crippen LogP) is 3.40. The summed E-state index contributed by atoms with van der Waals surface area (Å²) < 4.78 is 90.8. The molecule has 33 heavy (non-hydrogen) atoms. The van der Waals surface area contributed by atoms with Gasteiger partial charge in [-0.15, -0.1) is 0 Å². The first-order valence-electron chi connectivity index (χ1n) is 8.55. The SMILES string of the molecule is NC(=O)CCCNC(=O)c1nn(-c2c(Cl)cc(C(F)(F)F)cc2Cl)c(N)c1S(=O)C(F)(F)F. The molecule has 0 spiro atoms. The number of benzene rings is 1. The number of aromatic nitrogens is 2. The third kappa shape index (κ3) is 6.09. The van der Waals surface area contributed by atoms with Crippen LogP contribution in [0.1, 0.15) is 28.9 Å². The Bertz CT molecular complexity index is 1100. The molecule has 2 aromatic rings. The minimum absolute atomic E-state index is 0.0333. The van der Waals surface area contributed by atoms with Crippen molar-refractivity contribution < 1.29 is 40.1 Å². The fourth-order valence-electron chi connectivity index (χ4n) is 2.51. The Morgan fingerprint density at radius 1 is 1.12 bits per heavy atom. The molecular formula is C16H13Cl2F6N5O3S. The molecule has 8 nitrogen and oxygen atoms in total. The fourth-order valence-corrected chi connectivity index (χ4v) is 3.98. The summed E-state index contributed by atoms with van der Waals surface area (Å²) in [5, 5.41) is 4.33. The van der Waals surface area contributed by atoms with Crippen LogP contribution in [-0.4, -0.2) is 37.9 Å². The number of carbonyl (C=O) groups is 2. The average Bonchev–Trinajstić information content (AvgIpc) is 2.99. The van der Waals surface area contributed by atoms with Crippen LogP contribution in [0.15, 0.2) is 17.0 Å². The molecule has 2 amide bonds. The van der Waals surface area contributed by atoms with E-state index in [4.69, 9.17) is 34.7 Å². The number of rotatable bonds is 7. The molecule has 0 aliphatic heterocycles. The molecule has 1 heterocycles. The maximum absolute atomic E-state index is 13.2. The summed E-state index contributed by atoms with van der Waals surface area (Å²) in [5.41, 5.74) is 2.36. The number of hydrogen-bond donors (Lipinski definition) is 3. The fraction of sp³-hybridized carbons (Fsp3) is 0.312. The van der Waals surface area contributed by atoms with Gasteiger partial charge < -0.3 is 16.8 Å².